The van der Waals surface area contributed by atoms with E-state index in [-0.39, 0.29) is 5.91 Å². The summed E-state index contributed by atoms with van der Waals surface area (Å²) in [5, 5.41) is 16.2. The number of amides is 1. The summed E-state index contributed by atoms with van der Waals surface area (Å²) < 4.78 is 0. The van der Waals surface area contributed by atoms with Crippen LogP contribution in [0.1, 0.15) is 58.9 Å². The number of nitrogens with one attached hydrogen (secondary N) is 2. The smallest absolute Gasteiger partial charge is 0.254 e. The topological polar surface area (TPSA) is 87.7 Å². The summed E-state index contributed by atoms with van der Waals surface area (Å²) in [6.45, 7) is 13.0. The molecular formula is C31H40N6O2S. The number of fused-ring (bicyclic) bond motifs is 2. The first kappa shape index (κ1) is 27.1. The number of imidazole rings is 1. The van der Waals surface area contributed by atoms with Gasteiger partial charge < -0.3 is 30.1 Å². The molecule has 3 N–H and O–H groups in total. The molecule has 5 heterocycles. The van der Waals surface area contributed by atoms with Crippen molar-refractivity contribution in [3.8, 4) is 0 Å². The minimum Gasteiger partial charge on any atom is -0.371 e. The van der Waals surface area contributed by atoms with Crippen molar-refractivity contribution in [1.29, 1.82) is 0 Å². The van der Waals surface area contributed by atoms with Crippen molar-refractivity contribution in [1.82, 2.24) is 30.0 Å². The quantitative estimate of drug-likeness (QED) is 0.342. The predicted octanol–water partition coefficient (Wildman–Crippen LogP) is 4.33. The van der Waals surface area contributed by atoms with E-state index in [2.05, 4.69) is 58.4 Å². The highest BCUT2D eigenvalue weighted by atomic mass is 32.1. The van der Waals surface area contributed by atoms with Crippen LogP contribution in [-0.4, -0.2) is 81.2 Å². The molecule has 3 aliphatic rings. The number of likely N-dealkylation sites (N-methyl/N-ethyl adjacent to an activating group) is 1. The highest BCUT2D eigenvalue weighted by Crippen LogP contribution is 2.32. The van der Waals surface area contributed by atoms with Crippen LogP contribution in [0, 0.1) is 12.8 Å². The minimum absolute atomic E-state index is 0.0953. The third kappa shape index (κ3) is 5.30. The lowest BCUT2D eigenvalue weighted by Gasteiger charge is -2.30. The molecule has 3 aliphatic heterocycles. The van der Waals surface area contributed by atoms with Crippen LogP contribution in [0.5, 0.6) is 0 Å². The number of aromatic nitrogens is 2. The summed E-state index contributed by atoms with van der Waals surface area (Å²) in [7, 11) is 0. The van der Waals surface area contributed by atoms with Crippen LogP contribution in [0.4, 0.5) is 0 Å². The number of rotatable bonds is 10. The Hall–Kier alpha value is -3.14. The molecule has 0 saturated carbocycles. The molecule has 1 amide bonds. The second-order valence-electron chi connectivity index (χ2n) is 11.5. The molecular weight excluding hydrogens is 520 g/mol. The molecule has 0 bridgehead atoms. The summed E-state index contributed by atoms with van der Waals surface area (Å²) >= 11 is 1.80. The number of aliphatic hydroxyl groups excluding tert-OH is 1. The van der Waals surface area contributed by atoms with Crippen LogP contribution in [-0.2, 0) is 13.0 Å². The molecule has 0 spiro atoms. The van der Waals surface area contributed by atoms with E-state index in [0.29, 0.717) is 18.3 Å². The zero-order valence-corrected chi connectivity index (χ0v) is 24.6. The lowest BCUT2D eigenvalue weighted by molar-refractivity contribution is 0.0744. The van der Waals surface area contributed by atoms with E-state index in [4.69, 9.17) is 4.98 Å². The van der Waals surface area contributed by atoms with Gasteiger partial charge in [-0.1, -0.05) is 6.92 Å². The third-order valence-electron chi connectivity index (χ3n) is 8.49. The minimum atomic E-state index is -0.876. The largest absolute Gasteiger partial charge is 0.371 e. The van der Waals surface area contributed by atoms with Gasteiger partial charge in [-0.2, -0.15) is 0 Å². The van der Waals surface area contributed by atoms with Gasteiger partial charge in [0.1, 0.15) is 5.82 Å². The molecule has 2 unspecified atom stereocenters. The van der Waals surface area contributed by atoms with Gasteiger partial charge in [-0.3, -0.25) is 4.79 Å². The summed E-state index contributed by atoms with van der Waals surface area (Å²) in [5.41, 5.74) is 6.45. The van der Waals surface area contributed by atoms with E-state index in [1.54, 1.807) is 17.5 Å². The maximum absolute atomic E-state index is 13.3. The van der Waals surface area contributed by atoms with Crippen LogP contribution < -0.4 is 5.32 Å². The Morgan fingerprint density at radius 3 is 2.83 bits per heavy atom. The van der Waals surface area contributed by atoms with Gasteiger partial charge >= 0.3 is 0 Å². The molecule has 0 radical (unpaired) electrons. The molecule has 212 valence electrons. The maximum Gasteiger partial charge on any atom is 0.254 e. The monoisotopic (exact) mass is 560 g/mol. The number of H-pyrrole nitrogens is 1. The lowest BCUT2D eigenvalue weighted by atomic mass is 10.1. The zero-order valence-electron chi connectivity index (χ0n) is 23.7. The second-order valence-corrected chi connectivity index (χ2v) is 12.5. The fourth-order valence-electron chi connectivity index (χ4n) is 6.40. The first-order valence-corrected chi connectivity index (χ1v) is 15.5. The second kappa shape index (κ2) is 11.4. The van der Waals surface area contributed by atoms with E-state index in [9.17, 15) is 9.90 Å². The number of carbonyl (C=O) groups excluding carboxylic acids is 1. The molecule has 2 atom stereocenters. The van der Waals surface area contributed by atoms with Crippen molar-refractivity contribution in [3.63, 3.8) is 0 Å². The van der Waals surface area contributed by atoms with Gasteiger partial charge in [-0.15, -0.1) is 11.3 Å². The maximum atomic E-state index is 13.3. The van der Waals surface area contributed by atoms with Crippen molar-refractivity contribution in [3.05, 3.63) is 68.9 Å². The van der Waals surface area contributed by atoms with Crippen molar-refractivity contribution < 1.29 is 9.90 Å². The number of hydrogen-bond acceptors (Lipinski definition) is 7. The molecule has 6 rings (SSSR count). The van der Waals surface area contributed by atoms with E-state index >= 15 is 0 Å². The van der Waals surface area contributed by atoms with Crippen molar-refractivity contribution in [2.45, 2.75) is 52.8 Å². The highest BCUT2D eigenvalue weighted by molar-refractivity contribution is 7.10. The molecule has 0 aliphatic carbocycles. The highest BCUT2D eigenvalue weighted by Gasteiger charge is 2.31. The van der Waals surface area contributed by atoms with Crippen LogP contribution in [0.3, 0.4) is 0 Å². The zero-order chi connectivity index (χ0) is 27.8. The van der Waals surface area contributed by atoms with Crippen molar-refractivity contribution in [2.24, 2.45) is 5.92 Å². The molecule has 1 aromatic carbocycles. The number of likely N-dealkylation sites (tertiary alicyclic amines) is 1. The number of aliphatic hydroxyl groups is 1. The molecule has 9 heteroatoms. The molecule has 2 aromatic heterocycles. The Labute approximate surface area is 240 Å². The van der Waals surface area contributed by atoms with Gasteiger partial charge in [0.25, 0.3) is 5.91 Å². The lowest BCUT2D eigenvalue weighted by Crippen LogP contribution is -2.35. The standard InChI is InChI=1S/C31H40N6O2S/c1-4-36(13-8-27-21(3)9-14-40-27)26-7-10-32-30(38)28(26)29-33-24-15-22-19-37(31(39)23(22)16-25(24)34-29)18-20(2)17-35-11-5-6-12-35/h7,9-10,14-16,20,30,32,38H,4-6,8,11-13,17-19H2,1-3H3,(H,33,34). The number of thiophene rings is 1. The number of dihydropyridines is 1. The Bertz CT molecular complexity index is 1450. The fraction of sp³-hybridized carbons (Fsp3) is 0.484. The van der Waals surface area contributed by atoms with Gasteiger partial charge in [0.05, 0.1) is 16.6 Å². The van der Waals surface area contributed by atoms with E-state index in [1.165, 1.54) is 36.4 Å². The van der Waals surface area contributed by atoms with Crippen LogP contribution in [0.2, 0.25) is 0 Å². The van der Waals surface area contributed by atoms with E-state index in [0.717, 1.165) is 66.0 Å². The van der Waals surface area contributed by atoms with E-state index < -0.39 is 6.23 Å². The average molecular weight is 561 g/mol. The first-order chi connectivity index (χ1) is 19.4. The van der Waals surface area contributed by atoms with Gasteiger partial charge in [0.2, 0.25) is 0 Å². The van der Waals surface area contributed by atoms with Gasteiger partial charge in [0.15, 0.2) is 6.23 Å². The predicted molar refractivity (Wildman–Crippen MR) is 161 cm³/mol. The summed E-state index contributed by atoms with van der Waals surface area (Å²) in [4.78, 5) is 29.9. The number of benzene rings is 1. The molecule has 1 fully saturated rings. The van der Waals surface area contributed by atoms with Crippen molar-refractivity contribution >= 4 is 33.9 Å². The Kier molecular flexibility index (Phi) is 7.70. The first-order valence-electron chi connectivity index (χ1n) is 14.6. The number of aromatic amines is 1. The van der Waals surface area contributed by atoms with Gasteiger partial charge in [-0.05, 0) is 92.9 Å². The van der Waals surface area contributed by atoms with E-state index in [1.807, 2.05) is 17.0 Å². The normalized spacial score (nSPS) is 20.1. The SMILES string of the molecule is CCN(CCc1sccc1C)C1=C(c2nc3cc4c(cc3[nH]2)CN(CC(C)CN2CCCC2)C4=O)C(O)NC=C1. The fourth-order valence-corrected chi connectivity index (χ4v) is 7.30. The Balaban J connectivity index is 1.23. The van der Waals surface area contributed by atoms with Gasteiger partial charge in [-0.25, -0.2) is 4.98 Å². The number of allylic oxidation sites excluding steroid dienone is 1. The molecule has 3 aromatic rings. The number of nitrogens with zero attached hydrogens (tertiary/aromatic N) is 4. The number of carbonyl (C=O) groups is 1. The summed E-state index contributed by atoms with van der Waals surface area (Å²) in [6, 6.07) is 6.16. The Morgan fingerprint density at radius 1 is 1.25 bits per heavy atom. The molecule has 1 saturated heterocycles. The number of hydrogen-bond donors (Lipinski definition) is 3. The van der Waals surface area contributed by atoms with Crippen LogP contribution >= 0.6 is 11.3 Å². The number of aryl methyl sites for hydroxylation is 1. The average Bonchev–Trinajstić information content (AvgIpc) is 3.73. The molecule has 40 heavy (non-hydrogen) atoms. The van der Waals surface area contributed by atoms with Crippen LogP contribution in [0.15, 0.2) is 41.6 Å². The molecule has 8 nitrogen and oxygen atoms in total. The Morgan fingerprint density at radius 2 is 2.08 bits per heavy atom. The third-order valence-corrected chi connectivity index (χ3v) is 9.57. The summed E-state index contributed by atoms with van der Waals surface area (Å²) in [6.07, 6.45) is 6.47. The summed E-state index contributed by atoms with van der Waals surface area (Å²) in [5.74, 6) is 1.17. The van der Waals surface area contributed by atoms with Crippen molar-refractivity contribution in [2.75, 3.05) is 39.3 Å². The van der Waals surface area contributed by atoms with Gasteiger partial charge in [0, 0.05) is 55.1 Å². The van der Waals surface area contributed by atoms with Crippen LogP contribution in [0.25, 0.3) is 16.6 Å².